The SMILES string of the molecule is CCOC1CC(CC(NC)C2CCOCC2)C1. The zero-order chi connectivity index (χ0) is 12.1. The Morgan fingerprint density at radius 2 is 2.00 bits per heavy atom. The van der Waals surface area contributed by atoms with Gasteiger partial charge in [-0.2, -0.15) is 0 Å². The lowest BCUT2D eigenvalue weighted by molar-refractivity contribution is -0.0333. The molecule has 0 aromatic rings. The first-order valence-electron chi connectivity index (χ1n) is 7.20. The molecule has 1 saturated heterocycles. The average molecular weight is 241 g/mol. The zero-order valence-electron chi connectivity index (χ0n) is 11.3. The van der Waals surface area contributed by atoms with Gasteiger partial charge in [0, 0.05) is 25.9 Å². The molecule has 1 atom stereocenters. The molecule has 3 heteroatoms. The van der Waals surface area contributed by atoms with E-state index in [-0.39, 0.29) is 0 Å². The van der Waals surface area contributed by atoms with Gasteiger partial charge in [-0.25, -0.2) is 0 Å². The van der Waals surface area contributed by atoms with Crippen LogP contribution >= 0.6 is 0 Å². The highest BCUT2D eigenvalue weighted by Gasteiger charge is 2.33. The van der Waals surface area contributed by atoms with Crippen LogP contribution in [-0.2, 0) is 9.47 Å². The Kier molecular flexibility index (Phi) is 5.26. The maximum absolute atomic E-state index is 5.63. The standard InChI is InChI=1S/C14H27NO2/c1-3-17-13-8-11(9-13)10-14(15-2)12-4-6-16-7-5-12/h11-15H,3-10H2,1-2H3. The van der Waals surface area contributed by atoms with Crippen LogP contribution in [0.25, 0.3) is 0 Å². The molecule has 17 heavy (non-hydrogen) atoms. The second-order valence-electron chi connectivity index (χ2n) is 5.50. The van der Waals surface area contributed by atoms with Crippen LogP contribution in [0.4, 0.5) is 0 Å². The summed E-state index contributed by atoms with van der Waals surface area (Å²) in [6.07, 6.45) is 6.88. The molecule has 1 unspecified atom stereocenters. The van der Waals surface area contributed by atoms with Crippen molar-refractivity contribution >= 4 is 0 Å². The average Bonchev–Trinajstić information content (AvgIpc) is 2.33. The summed E-state index contributed by atoms with van der Waals surface area (Å²) in [6.45, 7) is 4.86. The van der Waals surface area contributed by atoms with Crippen LogP contribution in [0.5, 0.6) is 0 Å². The monoisotopic (exact) mass is 241 g/mol. The summed E-state index contributed by atoms with van der Waals surface area (Å²) in [5.41, 5.74) is 0. The molecule has 3 nitrogen and oxygen atoms in total. The van der Waals surface area contributed by atoms with Crippen molar-refractivity contribution in [3.63, 3.8) is 0 Å². The lowest BCUT2D eigenvalue weighted by atomic mass is 9.75. The van der Waals surface area contributed by atoms with E-state index in [1.54, 1.807) is 0 Å². The van der Waals surface area contributed by atoms with Crippen molar-refractivity contribution in [2.75, 3.05) is 26.9 Å². The summed E-state index contributed by atoms with van der Waals surface area (Å²) in [5, 5.41) is 3.52. The fourth-order valence-corrected chi connectivity index (χ4v) is 3.26. The van der Waals surface area contributed by atoms with E-state index in [1.807, 2.05) is 0 Å². The summed E-state index contributed by atoms with van der Waals surface area (Å²) < 4.78 is 11.1. The van der Waals surface area contributed by atoms with Crippen molar-refractivity contribution in [1.29, 1.82) is 0 Å². The van der Waals surface area contributed by atoms with Crippen LogP contribution in [0.1, 0.15) is 39.0 Å². The van der Waals surface area contributed by atoms with Gasteiger partial charge in [-0.1, -0.05) is 0 Å². The maximum atomic E-state index is 5.63. The Hall–Kier alpha value is -0.120. The molecule has 0 aromatic carbocycles. The predicted octanol–water partition coefficient (Wildman–Crippen LogP) is 2.21. The second kappa shape index (κ2) is 6.72. The third-order valence-electron chi connectivity index (χ3n) is 4.39. The van der Waals surface area contributed by atoms with E-state index in [2.05, 4.69) is 19.3 Å². The molecule has 2 fully saturated rings. The number of rotatable bonds is 6. The Labute approximate surface area is 105 Å². The van der Waals surface area contributed by atoms with Crippen molar-refractivity contribution in [1.82, 2.24) is 5.32 Å². The molecule has 1 saturated carbocycles. The first-order chi connectivity index (χ1) is 8.33. The van der Waals surface area contributed by atoms with Crippen molar-refractivity contribution in [3.8, 4) is 0 Å². The van der Waals surface area contributed by atoms with Crippen molar-refractivity contribution in [2.24, 2.45) is 11.8 Å². The van der Waals surface area contributed by atoms with Gasteiger partial charge in [-0.15, -0.1) is 0 Å². The molecule has 0 bridgehead atoms. The van der Waals surface area contributed by atoms with Gasteiger partial charge in [0.25, 0.3) is 0 Å². The summed E-state index contributed by atoms with van der Waals surface area (Å²) in [7, 11) is 2.11. The summed E-state index contributed by atoms with van der Waals surface area (Å²) in [6, 6.07) is 0.687. The number of hydrogen-bond acceptors (Lipinski definition) is 3. The quantitative estimate of drug-likeness (QED) is 0.773. The van der Waals surface area contributed by atoms with Crippen LogP contribution in [0.3, 0.4) is 0 Å². The minimum absolute atomic E-state index is 0.553. The number of ether oxygens (including phenoxy) is 2. The van der Waals surface area contributed by atoms with Crippen molar-refractivity contribution in [2.45, 2.75) is 51.2 Å². The highest BCUT2D eigenvalue weighted by atomic mass is 16.5. The first-order valence-corrected chi connectivity index (χ1v) is 7.20. The van der Waals surface area contributed by atoms with Gasteiger partial charge in [-0.3, -0.25) is 0 Å². The third kappa shape index (κ3) is 3.67. The Morgan fingerprint density at radius 3 is 2.59 bits per heavy atom. The Bertz CT molecular complexity index is 210. The van der Waals surface area contributed by atoms with E-state index >= 15 is 0 Å². The normalized spacial score (nSPS) is 32.1. The molecule has 100 valence electrons. The molecule has 1 aliphatic heterocycles. The van der Waals surface area contributed by atoms with E-state index < -0.39 is 0 Å². The van der Waals surface area contributed by atoms with Gasteiger partial charge >= 0.3 is 0 Å². The molecule has 0 radical (unpaired) electrons. The number of nitrogens with one attached hydrogen (secondary N) is 1. The number of hydrogen-bond donors (Lipinski definition) is 1. The molecule has 1 aliphatic carbocycles. The zero-order valence-corrected chi connectivity index (χ0v) is 11.3. The molecular formula is C14H27NO2. The van der Waals surface area contributed by atoms with Gasteiger partial charge in [0.05, 0.1) is 6.10 Å². The van der Waals surface area contributed by atoms with Crippen molar-refractivity contribution < 1.29 is 9.47 Å². The van der Waals surface area contributed by atoms with Crippen LogP contribution in [-0.4, -0.2) is 39.0 Å². The second-order valence-corrected chi connectivity index (χ2v) is 5.50. The van der Waals surface area contributed by atoms with Crippen LogP contribution in [0.2, 0.25) is 0 Å². The summed E-state index contributed by atoms with van der Waals surface area (Å²) in [5.74, 6) is 1.70. The van der Waals surface area contributed by atoms with Gasteiger partial charge < -0.3 is 14.8 Å². The Balaban J connectivity index is 1.69. The summed E-state index contributed by atoms with van der Waals surface area (Å²) in [4.78, 5) is 0. The third-order valence-corrected chi connectivity index (χ3v) is 4.39. The smallest absolute Gasteiger partial charge is 0.0580 e. The highest BCUT2D eigenvalue weighted by molar-refractivity contribution is 4.87. The maximum Gasteiger partial charge on any atom is 0.0580 e. The molecule has 2 aliphatic rings. The highest BCUT2D eigenvalue weighted by Crippen LogP contribution is 2.35. The Morgan fingerprint density at radius 1 is 1.29 bits per heavy atom. The van der Waals surface area contributed by atoms with Gasteiger partial charge in [0.2, 0.25) is 0 Å². The lowest BCUT2D eigenvalue weighted by Crippen LogP contribution is -2.42. The fraction of sp³-hybridized carbons (Fsp3) is 1.00. The van der Waals surface area contributed by atoms with E-state index in [0.29, 0.717) is 12.1 Å². The van der Waals surface area contributed by atoms with Crippen LogP contribution in [0.15, 0.2) is 0 Å². The largest absolute Gasteiger partial charge is 0.381 e. The first kappa shape index (κ1) is 13.3. The predicted molar refractivity (Wildman–Crippen MR) is 69.1 cm³/mol. The molecule has 1 N–H and O–H groups in total. The van der Waals surface area contributed by atoms with E-state index in [4.69, 9.17) is 9.47 Å². The van der Waals surface area contributed by atoms with Gasteiger partial charge in [0.15, 0.2) is 0 Å². The van der Waals surface area contributed by atoms with E-state index in [9.17, 15) is 0 Å². The molecule has 1 heterocycles. The van der Waals surface area contributed by atoms with Gasteiger partial charge in [0.1, 0.15) is 0 Å². The van der Waals surface area contributed by atoms with E-state index in [0.717, 1.165) is 31.7 Å². The van der Waals surface area contributed by atoms with E-state index in [1.165, 1.54) is 32.1 Å². The van der Waals surface area contributed by atoms with Crippen molar-refractivity contribution in [3.05, 3.63) is 0 Å². The van der Waals surface area contributed by atoms with Crippen LogP contribution in [0, 0.1) is 11.8 Å². The van der Waals surface area contributed by atoms with Gasteiger partial charge in [-0.05, 0) is 57.9 Å². The summed E-state index contributed by atoms with van der Waals surface area (Å²) >= 11 is 0. The topological polar surface area (TPSA) is 30.5 Å². The molecule has 0 amide bonds. The molecule has 2 rings (SSSR count). The fourth-order valence-electron chi connectivity index (χ4n) is 3.26. The minimum atomic E-state index is 0.553. The molecule has 0 aromatic heterocycles. The minimum Gasteiger partial charge on any atom is -0.381 e. The molecule has 0 spiro atoms. The lowest BCUT2D eigenvalue weighted by Gasteiger charge is -2.39. The molecular weight excluding hydrogens is 214 g/mol. The van der Waals surface area contributed by atoms with Crippen LogP contribution < -0.4 is 5.32 Å².